The Kier molecular flexibility index (Phi) is 4.03. The summed E-state index contributed by atoms with van der Waals surface area (Å²) in [5.74, 6) is 1.75. The maximum atomic E-state index is 12.2. The van der Waals surface area contributed by atoms with E-state index in [4.69, 9.17) is 5.26 Å². The fraction of sp³-hybridized carbons (Fsp3) is 0.500. The summed E-state index contributed by atoms with van der Waals surface area (Å²) >= 11 is 1.44. The molecule has 1 fully saturated rings. The first-order valence-corrected chi connectivity index (χ1v) is 7.03. The van der Waals surface area contributed by atoms with Crippen LogP contribution in [0.1, 0.15) is 37.1 Å². The van der Waals surface area contributed by atoms with E-state index < -0.39 is 0 Å². The average Bonchev–Trinajstić information content (AvgIpc) is 2.90. The van der Waals surface area contributed by atoms with Crippen molar-refractivity contribution in [2.24, 2.45) is 5.92 Å². The first-order chi connectivity index (χ1) is 8.60. The van der Waals surface area contributed by atoms with Gasteiger partial charge in [-0.3, -0.25) is 4.79 Å². The molecule has 2 rings (SSSR count). The van der Waals surface area contributed by atoms with Crippen molar-refractivity contribution < 1.29 is 4.79 Å². The monoisotopic (exact) mass is 261 g/mol. The number of rotatable bonds is 4. The van der Waals surface area contributed by atoms with Crippen molar-refractivity contribution in [3.8, 4) is 6.07 Å². The Hall–Kier alpha value is -1.34. The van der Waals surface area contributed by atoms with Gasteiger partial charge in [0.1, 0.15) is 10.9 Å². The zero-order chi connectivity index (χ0) is 13.1. The first kappa shape index (κ1) is 13.1. The first-order valence-electron chi connectivity index (χ1n) is 6.15. The van der Waals surface area contributed by atoms with E-state index >= 15 is 0 Å². The summed E-state index contributed by atoms with van der Waals surface area (Å²) in [5.41, 5.74) is 1.07. The van der Waals surface area contributed by atoms with E-state index in [0.717, 1.165) is 24.9 Å². The molecule has 0 saturated carbocycles. The topological polar surface area (TPSA) is 44.1 Å². The third-order valence-electron chi connectivity index (χ3n) is 3.20. The van der Waals surface area contributed by atoms with Gasteiger partial charge in [0.2, 0.25) is 5.91 Å². The molecule has 2 heterocycles. The Balaban J connectivity index is 1.95. The summed E-state index contributed by atoms with van der Waals surface area (Å²) in [6.45, 7) is 5.65. The Morgan fingerprint density at radius 1 is 1.61 bits per heavy atom. The molecule has 1 radical (unpaired) electrons. The van der Waals surface area contributed by atoms with Gasteiger partial charge in [0.25, 0.3) is 0 Å². The van der Waals surface area contributed by atoms with E-state index in [0.29, 0.717) is 11.4 Å². The van der Waals surface area contributed by atoms with Crippen molar-refractivity contribution in [2.45, 2.75) is 33.2 Å². The van der Waals surface area contributed by atoms with Gasteiger partial charge in [-0.05, 0) is 35.8 Å². The second-order valence-electron chi connectivity index (χ2n) is 5.09. The van der Waals surface area contributed by atoms with Gasteiger partial charge in [0.05, 0.1) is 0 Å². The minimum atomic E-state index is 0.170. The predicted octanol–water partition coefficient (Wildman–Crippen LogP) is 2.97. The second kappa shape index (κ2) is 5.53. The lowest BCUT2D eigenvalue weighted by molar-refractivity contribution is -0.131. The summed E-state index contributed by atoms with van der Waals surface area (Å²) in [6.07, 6.45) is 1.86. The maximum absolute atomic E-state index is 12.2. The largest absolute Gasteiger partial charge is 0.338 e. The van der Waals surface area contributed by atoms with Gasteiger partial charge < -0.3 is 4.90 Å². The third-order valence-corrected chi connectivity index (χ3v) is 4.08. The molecule has 1 unspecified atom stereocenters. The highest BCUT2D eigenvalue weighted by Crippen LogP contribution is 2.27. The van der Waals surface area contributed by atoms with Gasteiger partial charge in [-0.25, -0.2) is 0 Å². The van der Waals surface area contributed by atoms with Crippen LogP contribution in [0.4, 0.5) is 0 Å². The smallest absolute Gasteiger partial charge is 0.226 e. The second-order valence-corrected chi connectivity index (χ2v) is 6.00. The third kappa shape index (κ3) is 2.91. The summed E-state index contributed by atoms with van der Waals surface area (Å²) in [5, 5.41) is 10.8. The number of carbonyl (C=O) groups excluding carboxylic acids is 1. The molecular weight excluding hydrogens is 244 g/mol. The predicted molar refractivity (Wildman–Crippen MR) is 71.8 cm³/mol. The van der Waals surface area contributed by atoms with Gasteiger partial charge in [0, 0.05) is 19.0 Å². The summed E-state index contributed by atoms with van der Waals surface area (Å²) in [4.78, 5) is 14.8. The molecule has 4 heteroatoms. The van der Waals surface area contributed by atoms with Crippen molar-refractivity contribution in [1.82, 2.24) is 4.90 Å². The molecule has 0 aliphatic carbocycles. The Morgan fingerprint density at radius 3 is 3.00 bits per heavy atom. The number of nitrogens with zero attached hydrogens (tertiary/aromatic N) is 2. The minimum Gasteiger partial charge on any atom is -0.338 e. The van der Waals surface area contributed by atoms with Gasteiger partial charge in [0.15, 0.2) is 0 Å². The lowest BCUT2D eigenvalue weighted by Crippen LogP contribution is -2.27. The Labute approximate surface area is 112 Å². The van der Waals surface area contributed by atoms with Crippen LogP contribution in [-0.4, -0.2) is 17.4 Å². The van der Waals surface area contributed by atoms with Crippen LogP contribution in [0.5, 0.6) is 0 Å². The van der Waals surface area contributed by atoms with E-state index in [1.807, 2.05) is 16.3 Å². The number of carbonyl (C=O) groups is 1. The van der Waals surface area contributed by atoms with Crippen molar-refractivity contribution in [2.75, 3.05) is 6.54 Å². The quantitative estimate of drug-likeness (QED) is 0.836. The molecule has 95 valence electrons. The van der Waals surface area contributed by atoms with Crippen molar-refractivity contribution in [3.05, 3.63) is 27.8 Å². The molecular formula is C14H17N2OS. The molecule has 1 atom stereocenters. The van der Waals surface area contributed by atoms with Crippen LogP contribution >= 0.6 is 11.3 Å². The van der Waals surface area contributed by atoms with Crippen molar-refractivity contribution in [3.63, 3.8) is 0 Å². The average molecular weight is 261 g/mol. The van der Waals surface area contributed by atoms with Crippen LogP contribution in [0.15, 0.2) is 11.4 Å². The van der Waals surface area contributed by atoms with Crippen LogP contribution in [0, 0.1) is 23.2 Å². The molecule has 1 aliphatic heterocycles. The summed E-state index contributed by atoms with van der Waals surface area (Å²) < 4.78 is 0. The molecule has 0 bridgehead atoms. The SMILES string of the molecule is C[C](C)CC1CCN(Cc2csc(C#N)c2)C1=O. The Bertz CT molecular complexity index is 472. The van der Waals surface area contributed by atoms with E-state index in [1.54, 1.807) is 0 Å². The molecule has 1 aromatic rings. The molecule has 1 amide bonds. The molecule has 1 saturated heterocycles. The summed E-state index contributed by atoms with van der Waals surface area (Å²) in [7, 11) is 0. The maximum Gasteiger partial charge on any atom is 0.226 e. The lowest BCUT2D eigenvalue weighted by atomic mass is 9.96. The van der Waals surface area contributed by atoms with Crippen molar-refractivity contribution >= 4 is 17.2 Å². The zero-order valence-corrected chi connectivity index (χ0v) is 11.6. The van der Waals surface area contributed by atoms with E-state index in [-0.39, 0.29) is 11.8 Å². The number of nitriles is 1. The lowest BCUT2D eigenvalue weighted by Gasteiger charge is -2.16. The highest BCUT2D eigenvalue weighted by molar-refractivity contribution is 7.10. The molecule has 0 aromatic carbocycles. The molecule has 0 spiro atoms. The molecule has 0 N–H and O–H groups in total. The van der Waals surface area contributed by atoms with Gasteiger partial charge in [-0.2, -0.15) is 5.26 Å². The molecule has 1 aliphatic rings. The van der Waals surface area contributed by atoms with Crippen LogP contribution in [0.3, 0.4) is 0 Å². The fourth-order valence-corrected chi connectivity index (χ4v) is 3.07. The van der Waals surface area contributed by atoms with Gasteiger partial charge >= 0.3 is 0 Å². The number of amides is 1. The van der Waals surface area contributed by atoms with Crippen molar-refractivity contribution in [1.29, 1.82) is 5.26 Å². The van der Waals surface area contributed by atoms with E-state index in [1.165, 1.54) is 17.3 Å². The normalized spacial score (nSPS) is 19.6. The van der Waals surface area contributed by atoms with Crippen LogP contribution in [0.2, 0.25) is 0 Å². The highest BCUT2D eigenvalue weighted by atomic mass is 32.1. The van der Waals surface area contributed by atoms with Crippen LogP contribution < -0.4 is 0 Å². The number of hydrogen-bond donors (Lipinski definition) is 0. The van der Waals surface area contributed by atoms with Gasteiger partial charge in [-0.1, -0.05) is 13.8 Å². The zero-order valence-electron chi connectivity index (χ0n) is 10.8. The highest BCUT2D eigenvalue weighted by Gasteiger charge is 2.31. The molecule has 3 nitrogen and oxygen atoms in total. The summed E-state index contributed by atoms with van der Waals surface area (Å²) in [6, 6.07) is 4.01. The van der Waals surface area contributed by atoms with Crippen LogP contribution in [0.25, 0.3) is 0 Å². The van der Waals surface area contributed by atoms with Gasteiger partial charge in [-0.15, -0.1) is 11.3 Å². The fourth-order valence-electron chi connectivity index (χ4n) is 2.38. The number of thiophene rings is 1. The molecule has 1 aromatic heterocycles. The van der Waals surface area contributed by atoms with E-state index in [9.17, 15) is 4.79 Å². The minimum absolute atomic E-state index is 0.170. The molecule has 18 heavy (non-hydrogen) atoms. The Morgan fingerprint density at radius 2 is 2.39 bits per heavy atom. The van der Waals surface area contributed by atoms with Crippen LogP contribution in [-0.2, 0) is 11.3 Å². The number of hydrogen-bond acceptors (Lipinski definition) is 3. The number of likely N-dealkylation sites (tertiary alicyclic amines) is 1. The standard InChI is InChI=1S/C14H17N2OS/c1-10(2)5-12-3-4-16(14(12)17)8-11-6-13(7-15)18-9-11/h6,9,12H,3-5,8H2,1-2H3. The van der Waals surface area contributed by atoms with E-state index in [2.05, 4.69) is 19.9 Å².